The molecular weight excluding hydrogens is 218 g/mol. The minimum atomic E-state index is 0.980. The molecule has 0 unspecified atom stereocenters. The second-order valence-electron chi connectivity index (χ2n) is 4.20. The molecule has 3 rings (SSSR count). The van der Waals surface area contributed by atoms with Gasteiger partial charge in [-0.15, -0.1) is 0 Å². The van der Waals surface area contributed by atoms with Gasteiger partial charge in [0.05, 0.1) is 5.69 Å². The predicted octanol–water partition coefficient (Wildman–Crippen LogP) is 4.54. The topological polar surface area (TPSA) is 12.4 Å². The third kappa shape index (κ3) is 2.30. The van der Waals surface area contributed by atoms with Crippen molar-refractivity contribution >= 4 is 11.9 Å². The monoisotopic (exact) mass is 231 g/mol. The lowest BCUT2D eigenvalue weighted by Gasteiger charge is -1.89. The van der Waals surface area contributed by atoms with Crippen molar-refractivity contribution in [3.05, 3.63) is 78.4 Å². The number of rotatable bonds is 2. The van der Waals surface area contributed by atoms with Crippen LogP contribution in [0.25, 0.3) is 11.1 Å². The molecule has 0 aromatic heterocycles. The van der Waals surface area contributed by atoms with Crippen molar-refractivity contribution < 1.29 is 0 Å². The van der Waals surface area contributed by atoms with Crippen LogP contribution < -0.4 is 0 Å². The minimum Gasteiger partial charge on any atom is -0.256 e. The van der Waals surface area contributed by atoms with Crippen LogP contribution in [0.15, 0.2) is 77.8 Å². The Morgan fingerprint density at radius 1 is 0.667 bits per heavy atom. The SMILES string of the molecule is C(=Nc1ccccc1)c1cc2cccccc-2c1. The molecule has 0 fully saturated rings. The van der Waals surface area contributed by atoms with Gasteiger partial charge in [-0.3, -0.25) is 4.99 Å². The summed E-state index contributed by atoms with van der Waals surface area (Å²) in [4.78, 5) is 4.46. The van der Waals surface area contributed by atoms with Crippen LogP contribution in [0.1, 0.15) is 5.56 Å². The molecular formula is C17H13N. The molecule has 1 aromatic rings. The summed E-state index contributed by atoms with van der Waals surface area (Å²) in [6.45, 7) is 0. The maximum Gasteiger partial charge on any atom is 0.0629 e. The lowest BCUT2D eigenvalue weighted by atomic mass is 10.2. The molecule has 0 spiro atoms. The van der Waals surface area contributed by atoms with Crippen molar-refractivity contribution in [1.82, 2.24) is 0 Å². The van der Waals surface area contributed by atoms with Crippen LogP contribution in [0.4, 0.5) is 5.69 Å². The maximum absolute atomic E-state index is 4.46. The predicted molar refractivity (Wildman–Crippen MR) is 76.8 cm³/mol. The van der Waals surface area contributed by atoms with Crippen molar-refractivity contribution in [1.29, 1.82) is 0 Å². The van der Waals surface area contributed by atoms with Crippen LogP contribution in [-0.4, -0.2) is 6.21 Å². The van der Waals surface area contributed by atoms with E-state index >= 15 is 0 Å². The van der Waals surface area contributed by atoms with E-state index < -0.39 is 0 Å². The highest BCUT2D eigenvalue weighted by molar-refractivity contribution is 5.88. The van der Waals surface area contributed by atoms with E-state index in [1.54, 1.807) is 0 Å². The molecule has 0 bridgehead atoms. The zero-order valence-corrected chi connectivity index (χ0v) is 9.95. The average Bonchev–Trinajstić information content (AvgIpc) is 2.68. The Bertz CT molecular complexity index is 610. The Labute approximate surface area is 107 Å². The molecule has 0 N–H and O–H groups in total. The van der Waals surface area contributed by atoms with E-state index in [0.717, 1.165) is 11.3 Å². The van der Waals surface area contributed by atoms with E-state index in [-0.39, 0.29) is 0 Å². The normalized spacial score (nSPS) is 11.1. The standard InChI is InChI=1S/C17H13N/c1-3-7-15-11-14(12-16(15)8-4-1)13-18-17-9-5-2-6-10-17/h1-13H. The fraction of sp³-hybridized carbons (Fsp3) is 0. The first kappa shape index (κ1) is 10.7. The summed E-state index contributed by atoms with van der Waals surface area (Å²) in [7, 11) is 0. The molecule has 18 heavy (non-hydrogen) atoms. The van der Waals surface area contributed by atoms with Crippen LogP contribution in [0, 0.1) is 0 Å². The molecule has 2 aliphatic carbocycles. The molecule has 0 saturated carbocycles. The maximum atomic E-state index is 4.46. The summed E-state index contributed by atoms with van der Waals surface area (Å²) >= 11 is 0. The summed E-state index contributed by atoms with van der Waals surface area (Å²) in [5.41, 5.74) is 4.61. The highest BCUT2D eigenvalue weighted by Gasteiger charge is 2.02. The third-order valence-electron chi connectivity index (χ3n) is 2.87. The van der Waals surface area contributed by atoms with Crippen LogP contribution in [0.5, 0.6) is 0 Å². The lowest BCUT2D eigenvalue weighted by Crippen LogP contribution is -1.72. The Balaban J connectivity index is 1.93. The van der Waals surface area contributed by atoms with Gasteiger partial charge in [0.1, 0.15) is 0 Å². The zero-order chi connectivity index (χ0) is 12.2. The van der Waals surface area contributed by atoms with E-state index in [1.165, 1.54) is 11.1 Å². The van der Waals surface area contributed by atoms with E-state index in [1.807, 2.05) is 42.6 Å². The number of nitrogens with zero attached hydrogens (tertiary/aromatic N) is 1. The summed E-state index contributed by atoms with van der Waals surface area (Å²) in [5, 5.41) is 0. The van der Waals surface area contributed by atoms with Crippen molar-refractivity contribution in [2.24, 2.45) is 4.99 Å². The molecule has 0 saturated heterocycles. The highest BCUT2D eigenvalue weighted by atomic mass is 14.7. The molecule has 0 aliphatic heterocycles. The molecule has 0 radical (unpaired) electrons. The fourth-order valence-corrected chi connectivity index (χ4v) is 1.98. The van der Waals surface area contributed by atoms with Crippen LogP contribution >= 0.6 is 0 Å². The Morgan fingerprint density at radius 3 is 1.83 bits per heavy atom. The summed E-state index contributed by atoms with van der Waals surface area (Å²) in [5.74, 6) is 0. The van der Waals surface area contributed by atoms with E-state index in [2.05, 4.69) is 41.4 Å². The molecule has 86 valence electrons. The first-order valence-corrected chi connectivity index (χ1v) is 6.00. The Morgan fingerprint density at radius 2 is 1.22 bits per heavy atom. The average molecular weight is 231 g/mol. The molecule has 1 heteroatoms. The molecule has 1 aromatic carbocycles. The number of benzene rings is 1. The summed E-state index contributed by atoms with van der Waals surface area (Å²) in [6, 6.07) is 24.7. The van der Waals surface area contributed by atoms with Crippen molar-refractivity contribution in [3.8, 4) is 11.1 Å². The lowest BCUT2D eigenvalue weighted by molar-refractivity contribution is 1.53. The number of fused-ring (bicyclic) bond motifs is 1. The fourth-order valence-electron chi connectivity index (χ4n) is 1.98. The quantitative estimate of drug-likeness (QED) is 0.574. The van der Waals surface area contributed by atoms with Gasteiger partial charge in [0.15, 0.2) is 0 Å². The van der Waals surface area contributed by atoms with Crippen LogP contribution in [0.3, 0.4) is 0 Å². The van der Waals surface area contributed by atoms with E-state index in [4.69, 9.17) is 0 Å². The van der Waals surface area contributed by atoms with E-state index in [0.29, 0.717) is 0 Å². The Hall–Kier alpha value is -2.41. The zero-order valence-electron chi connectivity index (χ0n) is 9.95. The van der Waals surface area contributed by atoms with Gasteiger partial charge in [-0.2, -0.15) is 0 Å². The van der Waals surface area contributed by atoms with Crippen molar-refractivity contribution in [2.75, 3.05) is 0 Å². The first-order chi connectivity index (χ1) is 8.92. The molecule has 1 nitrogen and oxygen atoms in total. The van der Waals surface area contributed by atoms with Gasteiger partial charge in [-0.05, 0) is 41.0 Å². The molecule has 0 heterocycles. The first-order valence-electron chi connectivity index (χ1n) is 6.00. The number of hydrogen-bond acceptors (Lipinski definition) is 1. The molecule has 0 amide bonds. The smallest absolute Gasteiger partial charge is 0.0629 e. The summed E-state index contributed by atoms with van der Waals surface area (Å²) < 4.78 is 0. The number of hydrogen-bond donors (Lipinski definition) is 0. The Kier molecular flexibility index (Phi) is 2.89. The summed E-state index contributed by atoms with van der Waals surface area (Å²) in [6.07, 6.45) is 1.91. The van der Waals surface area contributed by atoms with Crippen LogP contribution in [0.2, 0.25) is 0 Å². The third-order valence-corrected chi connectivity index (χ3v) is 2.87. The van der Waals surface area contributed by atoms with Crippen molar-refractivity contribution in [2.45, 2.75) is 0 Å². The highest BCUT2D eigenvalue weighted by Crippen LogP contribution is 2.24. The van der Waals surface area contributed by atoms with Crippen molar-refractivity contribution in [3.63, 3.8) is 0 Å². The second kappa shape index (κ2) is 4.84. The van der Waals surface area contributed by atoms with Gasteiger partial charge in [-0.1, -0.05) is 48.5 Å². The van der Waals surface area contributed by atoms with Gasteiger partial charge < -0.3 is 0 Å². The minimum absolute atomic E-state index is 0.980. The number of aliphatic imine (C=N–C) groups is 1. The second-order valence-corrected chi connectivity index (χ2v) is 4.20. The van der Waals surface area contributed by atoms with Gasteiger partial charge in [-0.25, -0.2) is 0 Å². The molecule has 2 aliphatic rings. The van der Waals surface area contributed by atoms with Gasteiger partial charge >= 0.3 is 0 Å². The van der Waals surface area contributed by atoms with Gasteiger partial charge in [0.2, 0.25) is 0 Å². The van der Waals surface area contributed by atoms with E-state index in [9.17, 15) is 0 Å². The van der Waals surface area contributed by atoms with Gasteiger partial charge in [0, 0.05) is 6.21 Å². The van der Waals surface area contributed by atoms with Gasteiger partial charge in [0.25, 0.3) is 0 Å². The largest absolute Gasteiger partial charge is 0.256 e. The molecule has 0 atom stereocenters. The number of para-hydroxylation sites is 1. The van der Waals surface area contributed by atoms with Crippen LogP contribution in [-0.2, 0) is 0 Å².